The lowest BCUT2D eigenvalue weighted by Crippen LogP contribution is -2.30. The van der Waals surface area contributed by atoms with Crippen molar-refractivity contribution in [3.05, 3.63) is 60.8 Å². The van der Waals surface area contributed by atoms with Gasteiger partial charge in [0.05, 0.1) is 26.4 Å². The predicted octanol–water partition coefficient (Wildman–Crippen LogP) is 24.2. The highest BCUT2D eigenvalue weighted by atomic mass is 31.2. The molecular formula is C83H152O17P2. The first-order valence-electron chi connectivity index (χ1n) is 41.5. The Balaban J connectivity index is 5.37. The number of rotatable bonds is 79. The Kier molecular flexibility index (Phi) is 73.6. The van der Waals surface area contributed by atoms with Crippen LogP contribution >= 0.6 is 15.6 Å². The number of esters is 4. The van der Waals surface area contributed by atoms with Crippen molar-refractivity contribution in [3.63, 3.8) is 0 Å². The number of allylic oxidation sites excluding steroid dienone is 10. The lowest BCUT2D eigenvalue weighted by Gasteiger charge is -2.21. The first kappa shape index (κ1) is 98.8. The van der Waals surface area contributed by atoms with Gasteiger partial charge in [-0.05, 0) is 89.9 Å². The molecule has 5 atom stereocenters. The van der Waals surface area contributed by atoms with Crippen molar-refractivity contribution in [1.29, 1.82) is 0 Å². The summed E-state index contributed by atoms with van der Waals surface area (Å²) in [7, 11) is -9.96. The molecule has 0 rings (SSSR count). The van der Waals surface area contributed by atoms with E-state index in [-0.39, 0.29) is 25.7 Å². The Bertz CT molecular complexity index is 2170. The molecule has 0 aromatic rings. The first-order chi connectivity index (χ1) is 49.7. The van der Waals surface area contributed by atoms with E-state index < -0.39 is 97.5 Å². The Hall–Kier alpha value is -3.24. The molecule has 596 valence electrons. The van der Waals surface area contributed by atoms with E-state index in [2.05, 4.69) is 76.3 Å². The average Bonchev–Trinajstić information content (AvgIpc) is 0.923. The molecule has 19 heteroatoms. The molecule has 102 heavy (non-hydrogen) atoms. The third kappa shape index (κ3) is 75.0. The summed E-state index contributed by atoms with van der Waals surface area (Å²) in [6, 6.07) is 0. The quantitative estimate of drug-likeness (QED) is 0.0169. The van der Waals surface area contributed by atoms with Crippen molar-refractivity contribution >= 4 is 39.5 Å². The number of phosphoric acid groups is 2. The van der Waals surface area contributed by atoms with Crippen LogP contribution in [0.2, 0.25) is 0 Å². The van der Waals surface area contributed by atoms with Gasteiger partial charge in [0.1, 0.15) is 19.3 Å². The molecule has 0 aromatic carbocycles. The van der Waals surface area contributed by atoms with Crippen molar-refractivity contribution in [2.45, 2.75) is 406 Å². The maximum Gasteiger partial charge on any atom is 0.472 e. The maximum atomic E-state index is 13.1. The van der Waals surface area contributed by atoms with Gasteiger partial charge in [0, 0.05) is 25.7 Å². The van der Waals surface area contributed by atoms with Gasteiger partial charge in [-0.15, -0.1) is 0 Å². The summed E-state index contributed by atoms with van der Waals surface area (Å²) >= 11 is 0. The molecule has 0 saturated carbocycles. The molecule has 0 fully saturated rings. The molecule has 0 amide bonds. The summed E-state index contributed by atoms with van der Waals surface area (Å²) in [5.74, 6) is -2.21. The molecule has 17 nitrogen and oxygen atoms in total. The van der Waals surface area contributed by atoms with E-state index in [1.165, 1.54) is 193 Å². The van der Waals surface area contributed by atoms with E-state index in [1.54, 1.807) is 0 Å². The second-order valence-corrected chi connectivity index (χ2v) is 31.0. The van der Waals surface area contributed by atoms with Crippen LogP contribution in [0.5, 0.6) is 0 Å². The average molecular weight is 1480 g/mol. The van der Waals surface area contributed by atoms with Crippen LogP contribution in [0.3, 0.4) is 0 Å². The summed E-state index contributed by atoms with van der Waals surface area (Å²) in [6.07, 6.45) is 76.2. The van der Waals surface area contributed by atoms with Crippen molar-refractivity contribution < 1.29 is 80.2 Å². The zero-order chi connectivity index (χ0) is 74.6. The number of aliphatic hydroxyl groups is 1. The Labute approximate surface area is 622 Å². The fourth-order valence-corrected chi connectivity index (χ4v) is 13.2. The van der Waals surface area contributed by atoms with Crippen molar-refractivity contribution in [3.8, 4) is 0 Å². The third-order valence-corrected chi connectivity index (χ3v) is 19.9. The number of aliphatic hydroxyl groups excluding tert-OH is 1. The number of phosphoric ester groups is 2. The second kappa shape index (κ2) is 76.0. The van der Waals surface area contributed by atoms with Gasteiger partial charge in [0.15, 0.2) is 12.2 Å². The molecule has 0 radical (unpaired) electrons. The van der Waals surface area contributed by atoms with E-state index in [0.717, 1.165) is 109 Å². The standard InChI is InChI=1S/C83H152O17P2/c1-5-9-13-17-21-25-29-33-37-38-42-44-48-52-56-60-64-68-81(86)94-74-79(100-83(88)70-66-62-58-54-50-46-41-36-32-28-24-20-16-12-8-4)76-98-102(91,92)96-72-77(84)71-95-101(89,90)97-75-78(99-82(87)69-65-61-57-53-49-45-40-35-31-27-23-19-15-11-7-3)73-93-80(85)67-63-59-55-51-47-43-39-34-30-26-22-18-14-10-6-2/h21,25,33,36-37,41-42,44,52,56,77-79,84H,5-20,22-24,26-32,34-35,38-40,43,45-51,53-55,57-76H2,1-4H3,(H,89,90)(H,91,92)/b25-21-,37-33-,41-36-,44-42-,56-52-/t77-,78-,79-/m1/s1. The molecule has 0 spiro atoms. The topological polar surface area (TPSA) is 237 Å². The number of hydrogen-bond donors (Lipinski definition) is 3. The first-order valence-corrected chi connectivity index (χ1v) is 44.5. The van der Waals surface area contributed by atoms with Gasteiger partial charge in [0.2, 0.25) is 0 Å². The maximum absolute atomic E-state index is 13.1. The van der Waals surface area contributed by atoms with Crippen LogP contribution in [0.25, 0.3) is 0 Å². The van der Waals surface area contributed by atoms with Crippen LogP contribution in [0.1, 0.15) is 387 Å². The van der Waals surface area contributed by atoms with Gasteiger partial charge in [-0.3, -0.25) is 37.3 Å². The number of carbonyl (C=O) groups excluding carboxylic acids is 4. The van der Waals surface area contributed by atoms with Crippen LogP contribution < -0.4 is 0 Å². The predicted molar refractivity (Wildman–Crippen MR) is 418 cm³/mol. The molecule has 0 saturated heterocycles. The fourth-order valence-electron chi connectivity index (χ4n) is 11.6. The fraction of sp³-hybridized carbons (Fsp3) is 0.831. The highest BCUT2D eigenvalue weighted by Gasteiger charge is 2.30. The van der Waals surface area contributed by atoms with E-state index in [0.29, 0.717) is 32.1 Å². The zero-order valence-corrected chi connectivity index (χ0v) is 67.1. The van der Waals surface area contributed by atoms with Crippen molar-refractivity contribution in [2.75, 3.05) is 39.6 Å². The molecule has 0 heterocycles. The Morgan fingerprint density at radius 2 is 0.490 bits per heavy atom. The summed E-state index contributed by atoms with van der Waals surface area (Å²) in [4.78, 5) is 73.1. The lowest BCUT2D eigenvalue weighted by molar-refractivity contribution is -0.161. The van der Waals surface area contributed by atoms with Crippen LogP contribution in [-0.2, 0) is 65.4 Å². The molecule has 2 unspecified atom stereocenters. The summed E-state index contributed by atoms with van der Waals surface area (Å²) in [5, 5.41) is 10.6. The van der Waals surface area contributed by atoms with Gasteiger partial charge in [-0.1, -0.05) is 332 Å². The molecule has 0 aromatic heterocycles. The molecule has 0 bridgehead atoms. The number of unbranched alkanes of at least 4 members (excludes halogenated alkanes) is 43. The zero-order valence-electron chi connectivity index (χ0n) is 65.3. The molecule has 0 aliphatic carbocycles. The van der Waals surface area contributed by atoms with Gasteiger partial charge in [-0.2, -0.15) is 0 Å². The van der Waals surface area contributed by atoms with Crippen molar-refractivity contribution in [2.24, 2.45) is 0 Å². The normalized spacial score (nSPS) is 14.1. The monoisotopic (exact) mass is 1480 g/mol. The van der Waals surface area contributed by atoms with Crippen LogP contribution in [0.4, 0.5) is 0 Å². The van der Waals surface area contributed by atoms with Crippen LogP contribution in [0.15, 0.2) is 60.8 Å². The minimum Gasteiger partial charge on any atom is -0.462 e. The highest BCUT2D eigenvalue weighted by Crippen LogP contribution is 2.45. The van der Waals surface area contributed by atoms with E-state index in [9.17, 15) is 43.2 Å². The molecule has 3 N–H and O–H groups in total. The van der Waals surface area contributed by atoms with Gasteiger partial charge >= 0.3 is 39.5 Å². The summed E-state index contributed by atoms with van der Waals surface area (Å²) < 4.78 is 68.7. The largest absolute Gasteiger partial charge is 0.472 e. The minimum atomic E-state index is -4.98. The third-order valence-electron chi connectivity index (χ3n) is 18.0. The summed E-state index contributed by atoms with van der Waals surface area (Å²) in [6.45, 7) is 4.87. The molecule has 0 aliphatic rings. The number of ether oxygens (including phenoxy) is 4. The van der Waals surface area contributed by atoms with Crippen molar-refractivity contribution in [1.82, 2.24) is 0 Å². The summed E-state index contributed by atoms with van der Waals surface area (Å²) in [5.41, 5.74) is 0. The minimum absolute atomic E-state index is 0.0774. The van der Waals surface area contributed by atoms with E-state index in [4.69, 9.17) is 37.0 Å². The van der Waals surface area contributed by atoms with Crippen LogP contribution in [-0.4, -0.2) is 96.7 Å². The van der Waals surface area contributed by atoms with Gasteiger partial charge in [-0.25, -0.2) is 9.13 Å². The van der Waals surface area contributed by atoms with Gasteiger partial charge < -0.3 is 33.8 Å². The Morgan fingerprint density at radius 3 is 0.804 bits per heavy atom. The van der Waals surface area contributed by atoms with E-state index >= 15 is 0 Å². The number of carbonyl (C=O) groups is 4. The smallest absolute Gasteiger partial charge is 0.462 e. The molecule has 0 aliphatic heterocycles. The SMILES string of the molecule is CCCCC/C=C\C/C=C\C/C=C\C/C=C\CCCC(=O)OC[C@H](COP(=O)(O)OC[C@H](O)COP(=O)(O)OC[C@@H](COC(=O)CCCCCCCCCCCCCCCCC)OC(=O)CCCCCCCCCCCCCCCCC)OC(=O)CCCCCCC/C=C\CCCCCCCC. The van der Waals surface area contributed by atoms with Gasteiger partial charge in [0.25, 0.3) is 0 Å². The molecular weight excluding hydrogens is 1330 g/mol. The Morgan fingerprint density at radius 1 is 0.275 bits per heavy atom. The highest BCUT2D eigenvalue weighted by molar-refractivity contribution is 7.47. The van der Waals surface area contributed by atoms with Crippen LogP contribution in [0, 0.1) is 0 Å². The lowest BCUT2D eigenvalue weighted by atomic mass is 10.0. The second-order valence-electron chi connectivity index (χ2n) is 28.1. The van der Waals surface area contributed by atoms with E-state index in [1.807, 2.05) is 12.2 Å². The number of hydrogen-bond acceptors (Lipinski definition) is 15.